The predicted octanol–water partition coefficient (Wildman–Crippen LogP) is 3.04. The van der Waals surface area contributed by atoms with Crippen LogP contribution in [-0.2, 0) is 0 Å². The lowest BCUT2D eigenvalue weighted by Gasteiger charge is -2.08. The summed E-state index contributed by atoms with van der Waals surface area (Å²) in [5.74, 6) is -0.734. The largest absolute Gasteiger partial charge is 0.305 e. The number of nitrogens with zero attached hydrogens (tertiary/aromatic N) is 3. The Morgan fingerprint density at radius 1 is 1.40 bits per heavy atom. The van der Waals surface area contributed by atoms with Gasteiger partial charge in [0.25, 0.3) is 5.91 Å². The first kappa shape index (κ1) is 13.6. The molecule has 0 atom stereocenters. The van der Waals surface area contributed by atoms with Crippen molar-refractivity contribution in [3.63, 3.8) is 0 Å². The molecule has 2 rings (SSSR count). The number of carbonyl (C=O) groups excluding carboxylic acids is 1. The zero-order valence-corrected chi connectivity index (χ0v) is 10.9. The first-order valence-corrected chi connectivity index (χ1v) is 5.80. The quantitative estimate of drug-likeness (QED) is 0.853. The average molecular weight is 270 g/mol. The van der Waals surface area contributed by atoms with E-state index >= 15 is 0 Å². The highest BCUT2D eigenvalue weighted by Gasteiger charge is 2.15. The van der Waals surface area contributed by atoms with E-state index in [4.69, 9.17) is 6.57 Å². The van der Waals surface area contributed by atoms with Crippen LogP contribution in [0.4, 0.5) is 15.9 Å². The van der Waals surface area contributed by atoms with Gasteiger partial charge in [0.2, 0.25) is 0 Å². The number of hydrogen-bond acceptors (Lipinski definition) is 3. The molecule has 2 aromatic rings. The number of hydrogen-bond donors (Lipinski definition) is 1. The summed E-state index contributed by atoms with van der Waals surface area (Å²) in [4.78, 5) is 23.4. The highest BCUT2D eigenvalue weighted by Crippen LogP contribution is 2.22. The maximum Gasteiger partial charge on any atom is 0.274 e. The lowest BCUT2D eigenvalue weighted by atomic mass is 10.1. The normalized spacial score (nSPS) is 9.90. The molecule has 0 aliphatic rings. The fourth-order valence-electron chi connectivity index (χ4n) is 1.68. The molecule has 20 heavy (non-hydrogen) atoms. The van der Waals surface area contributed by atoms with Crippen molar-refractivity contribution in [2.45, 2.75) is 13.8 Å². The lowest BCUT2D eigenvalue weighted by molar-refractivity contribution is 0.102. The molecular weight excluding hydrogens is 259 g/mol. The van der Waals surface area contributed by atoms with Crippen LogP contribution in [0.2, 0.25) is 0 Å². The Labute approximate surface area is 115 Å². The van der Waals surface area contributed by atoms with Gasteiger partial charge in [-0.05, 0) is 37.6 Å². The van der Waals surface area contributed by atoms with E-state index in [0.717, 1.165) is 6.20 Å². The van der Waals surface area contributed by atoms with Gasteiger partial charge in [-0.2, -0.15) is 0 Å². The summed E-state index contributed by atoms with van der Waals surface area (Å²) in [5, 5.41) is 2.52. The second-order valence-corrected chi connectivity index (χ2v) is 4.18. The number of nitrogens with one attached hydrogen (secondary N) is 1. The molecule has 0 radical (unpaired) electrons. The third-order valence-electron chi connectivity index (χ3n) is 2.68. The Kier molecular flexibility index (Phi) is 3.71. The summed E-state index contributed by atoms with van der Waals surface area (Å²) in [6, 6.07) is 4.17. The lowest BCUT2D eigenvalue weighted by Crippen LogP contribution is -2.16. The van der Waals surface area contributed by atoms with Crippen molar-refractivity contribution in [1.82, 2.24) is 9.97 Å². The van der Waals surface area contributed by atoms with Crippen molar-refractivity contribution in [2.75, 3.05) is 5.32 Å². The molecule has 0 aliphatic carbocycles. The summed E-state index contributed by atoms with van der Waals surface area (Å²) >= 11 is 0. The van der Waals surface area contributed by atoms with Crippen LogP contribution in [0.5, 0.6) is 0 Å². The second-order valence-electron chi connectivity index (χ2n) is 4.18. The minimum Gasteiger partial charge on any atom is -0.305 e. The van der Waals surface area contributed by atoms with Crippen molar-refractivity contribution in [1.29, 1.82) is 0 Å². The van der Waals surface area contributed by atoms with E-state index < -0.39 is 11.7 Å². The van der Waals surface area contributed by atoms with E-state index in [2.05, 4.69) is 20.1 Å². The van der Waals surface area contributed by atoms with Gasteiger partial charge < -0.3 is 5.32 Å². The Hall–Kier alpha value is -2.81. The first-order chi connectivity index (χ1) is 9.51. The van der Waals surface area contributed by atoms with Crippen molar-refractivity contribution in [2.24, 2.45) is 0 Å². The fourth-order valence-corrected chi connectivity index (χ4v) is 1.68. The molecule has 0 unspecified atom stereocenters. The smallest absolute Gasteiger partial charge is 0.274 e. The molecule has 5 nitrogen and oxygen atoms in total. The number of halogens is 1. The summed E-state index contributed by atoms with van der Waals surface area (Å²) in [6.45, 7) is 10.4. The Morgan fingerprint density at radius 3 is 2.75 bits per heavy atom. The van der Waals surface area contributed by atoms with Crippen LogP contribution < -0.4 is 5.32 Å². The Balaban J connectivity index is 2.32. The minimum atomic E-state index is -0.483. The van der Waals surface area contributed by atoms with Crippen LogP contribution in [0.3, 0.4) is 0 Å². The van der Waals surface area contributed by atoms with Gasteiger partial charge in [0.1, 0.15) is 17.3 Å². The minimum absolute atomic E-state index is 0.169. The van der Waals surface area contributed by atoms with Crippen LogP contribution in [0.25, 0.3) is 4.85 Å². The van der Waals surface area contributed by atoms with Gasteiger partial charge in [-0.25, -0.2) is 14.2 Å². The first-order valence-electron chi connectivity index (χ1n) is 5.80. The number of anilines is 1. The maximum absolute atomic E-state index is 12.7. The molecule has 1 N–H and O–H groups in total. The van der Waals surface area contributed by atoms with Gasteiger partial charge in [0, 0.05) is 5.69 Å². The second kappa shape index (κ2) is 5.45. The van der Waals surface area contributed by atoms with E-state index in [-0.39, 0.29) is 11.5 Å². The number of aromatic nitrogens is 2. The van der Waals surface area contributed by atoms with Gasteiger partial charge in [-0.3, -0.25) is 9.78 Å². The van der Waals surface area contributed by atoms with Gasteiger partial charge in [-0.15, -0.1) is 0 Å². The van der Waals surface area contributed by atoms with E-state index in [9.17, 15) is 9.18 Å². The highest BCUT2D eigenvalue weighted by molar-refractivity contribution is 6.04. The van der Waals surface area contributed by atoms with Crippen molar-refractivity contribution >= 4 is 17.4 Å². The Bertz CT molecular complexity index is 704. The SMILES string of the molecule is [C-]#[N+]c1cc(C)nc(C(=O)Nc2ccc(F)cn2)c1C. The Morgan fingerprint density at radius 2 is 2.15 bits per heavy atom. The molecule has 2 aromatic heterocycles. The summed E-state index contributed by atoms with van der Waals surface area (Å²) < 4.78 is 12.7. The number of aryl methyl sites for hydroxylation is 1. The van der Waals surface area contributed by atoms with Gasteiger partial charge in [0.05, 0.1) is 12.8 Å². The van der Waals surface area contributed by atoms with E-state index in [1.807, 2.05) is 0 Å². The summed E-state index contributed by atoms with van der Waals surface area (Å²) in [7, 11) is 0. The molecular formula is C14H11FN4O. The number of pyridine rings is 2. The zero-order valence-electron chi connectivity index (χ0n) is 10.9. The predicted molar refractivity (Wildman–Crippen MR) is 72.1 cm³/mol. The van der Waals surface area contributed by atoms with Crippen LogP contribution in [0.1, 0.15) is 21.7 Å². The number of carbonyl (C=O) groups is 1. The average Bonchev–Trinajstić information content (AvgIpc) is 2.43. The van der Waals surface area contributed by atoms with Crippen LogP contribution in [0, 0.1) is 26.2 Å². The molecule has 2 heterocycles. The third-order valence-corrected chi connectivity index (χ3v) is 2.68. The van der Waals surface area contributed by atoms with E-state index in [1.165, 1.54) is 12.1 Å². The third kappa shape index (κ3) is 2.78. The molecule has 100 valence electrons. The van der Waals surface area contributed by atoms with Crippen LogP contribution in [0.15, 0.2) is 24.4 Å². The number of amides is 1. The zero-order chi connectivity index (χ0) is 14.7. The molecule has 0 saturated heterocycles. The monoisotopic (exact) mass is 270 g/mol. The van der Waals surface area contributed by atoms with Crippen LogP contribution in [-0.4, -0.2) is 15.9 Å². The standard InChI is InChI=1S/C14H11FN4O/c1-8-6-11(16-3)9(2)13(18-8)14(20)19-12-5-4-10(15)7-17-12/h4-7H,1-2H3,(H,17,19,20). The van der Waals surface area contributed by atoms with Crippen molar-refractivity contribution in [3.8, 4) is 0 Å². The van der Waals surface area contributed by atoms with Crippen LogP contribution >= 0.6 is 0 Å². The molecule has 1 amide bonds. The van der Waals surface area contributed by atoms with Gasteiger partial charge >= 0.3 is 0 Å². The molecule has 0 aromatic carbocycles. The molecule has 0 spiro atoms. The number of rotatable bonds is 2. The molecule has 0 saturated carbocycles. The summed E-state index contributed by atoms with van der Waals surface area (Å²) in [6.07, 6.45) is 1.01. The molecule has 0 fully saturated rings. The fraction of sp³-hybridized carbons (Fsp3) is 0.143. The maximum atomic E-state index is 12.7. The highest BCUT2D eigenvalue weighted by atomic mass is 19.1. The molecule has 0 aliphatic heterocycles. The van der Waals surface area contributed by atoms with E-state index in [1.54, 1.807) is 19.9 Å². The van der Waals surface area contributed by atoms with E-state index in [0.29, 0.717) is 16.9 Å². The van der Waals surface area contributed by atoms with Gasteiger partial charge in [-0.1, -0.05) is 0 Å². The topological polar surface area (TPSA) is 59.2 Å². The van der Waals surface area contributed by atoms with Crippen molar-refractivity contribution < 1.29 is 9.18 Å². The van der Waals surface area contributed by atoms with Crippen molar-refractivity contribution in [3.05, 3.63) is 58.6 Å². The molecule has 6 heteroatoms. The summed E-state index contributed by atoms with van der Waals surface area (Å²) in [5.41, 5.74) is 1.64. The molecule has 0 bridgehead atoms. The van der Waals surface area contributed by atoms with Gasteiger partial charge in [0.15, 0.2) is 5.69 Å².